The molecule has 0 atom stereocenters. The van der Waals surface area contributed by atoms with Crippen LogP contribution in [0.15, 0.2) is 18.2 Å². The summed E-state index contributed by atoms with van der Waals surface area (Å²) in [5, 5.41) is 18.9. The molecule has 1 aliphatic carbocycles. The summed E-state index contributed by atoms with van der Waals surface area (Å²) < 4.78 is 0. The molecule has 1 fully saturated rings. The summed E-state index contributed by atoms with van der Waals surface area (Å²) in [6.07, 6.45) is 4.45. The van der Waals surface area contributed by atoms with E-state index in [1.54, 1.807) is 6.07 Å². The number of rotatable bonds is 5. The Hall–Kier alpha value is -1.55. The molecule has 1 aromatic carbocycles. The van der Waals surface area contributed by atoms with Crippen molar-refractivity contribution in [3.05, 3.63) is 29.3 Å². The molecule has 0 radical (unpaired) electrons. The maximum absolute atomic E-state index is 11.0. The van der Waals surface area contributed by atoms with E-state index in [1.165, 1.54) is 12.8 Å². The SMILES string of the molecule is Cc1ccc(O)c(CN(CC(=O)O)C2CCCC2)c1. The van der Waals surface area contributed by atoms with E-state index in [2.05, 4.69) is 0 Å². The number of nitrogens with zero attached hydrogens (tertiary/aromatic N) is 1. The Labute approximate surface area is 113 Å². The molecule has 1 saturated carbocycles. The second-order valence-electron chi connectivity index (χ2n) is 5.37. The summed E-state index contributed by atoms with van der Waals surface area (Å²) in [5.74, 6) is -0.557. The number of carboxylic acid groups (broad SMARTS) is 1. The molecule has 2 N–H and O–H groups in total. The van der Waals surface area contributed by atoms with Crippen molar-refractivity contribution in [2.24, 2.45) is 0 Å². The lowest BCUT2D eigenvalue weighted by atomic mass is 10.1. The third-order valence-electron chi connectivity index (χ3n) is 3.79. The first-order chi connectivity index (χ1) is 9.06. The van der Waals surface area contributed by atoms with E-state index < -0.39 is 5.97 Å². The molecular formula is C15H21NO3. The number of carbonyl (C=O) groups is 1. The summed E-state index contributed by atoms with van der Waals surface area (Å²) in [7, 11) is 0. The fourth-order valence-electron chi connectivity index (χ4n) is 2.82. The monoisotopic (exact) mass is 263 g/mol. The van der Waals surface area contributed by atoms with Crippen molar-refractivity contribution >= 4 is 5.97 Å². The normalized spacial score (nSPS) is 16.1. The molecule has 0 spiro atoms. The highest BCUT2D eigenvalue weighted by Crippen LogP contribution is 2.27. The molecule has 4 heteroatoms. The molecule has 104 valence electrons. The average molecular weight is 263 g/mol. The highest BCUT2D eigenvalue weighted by atomic mass is 16.4. The number of hydrogen-bond donors (Lipinski definition) is 2. The van der Waals surface area contributed by atoms with Crippen LogP contribution in [0, 0.1) is 6.92 Å². The minimum atomic E-state index is -0.806. The summed E-state index contributed by atoms with van der Waals surface area (Å²) >= 11 is 0. The Bertz CT molecular complexity index is 453. The number of phenols is 1. The quantitative estimate of drug-likeness (QED) is 0.857. The predicted molar refractivity (Wildman–Crippen MR) is 73.1 cm³/mol. The zero-order valence-corrected chi connectivity index (χ0v) is 11.3. The Morgan fingerprint density at radius 3 is 2.68 bits per heavy atom. The van der Waals surface area contributed by atoms with E-state index in [0.717, 1.165) is 24.0 Å². The minimum absolute atomic E-state index is 0.0397. The summed E-state index contributed by atoms with van der Waals surface area (Å²) in [5.41, 5.74) is 1.89. The van der Waals surface area contributed by atoms with Crippen molar-refractivity contribution in [2.45, 2.75) is 45.2 Å². The van der Waals surface area contributed by atoms with Gasteiger partial charge in [-0.2, -0.15) is 0 Å². The molecule has 19 heavy (non-hydrogen) atoms. The van der Waals surface area contributed by atoms with Gasteiger partial charge in [-0.05, 0) is 25.8 Å². The second-order valence-corrected chi connectivity index (χ2v) is 5.37. The molecule has 1 aromatic rings. The largest absolute Gasteiger partial charge is 0.508 e. The van der Waals surface area contributed by atoms with Crippen molar-refractivity contribution in [3.8, 4) is 5.75 Å². The van der Waals surface area contributed by atoms with E-state index in [-0.39, 0.29) is 12.3 Å². The minimum Gasteiger partial charge on any atom is -0.508 e. The van der Waals surface area contributed by atoms with Gasteiger partial charge in [0.25, 0.3) is 0 Å². The lowest BCUT2D eigenvalue weighted by Crippen LogP contribution is -2.37. The molecular weight excluding hydrogens is 242 g/mol. The Morgan fingerprint density at radius 1 is 1.37 bits per heavy atom. The highest BCUT2D eigenvalue weighted by molar-refractivity contribution is 5.69. The maximum atomic E-state index is 11.0. The van der Waals surface area contributed by atoms with Crippen molar-refractivity contribution in [3.63, 3.8) is 0 Å². The van der Waals surface area contributed by atoms with Crippen molar-refractivity contribution < 1.29 is 15.0 Å². The third-order valence-corrected chi connectivity index (χ3v) is 3.79. The van der Waals surface area contributed by atoms with Crippen LogP contribution < -0.4 is 0 Å². The van der Waals surface area contributed by atoms with Crippen LogP contribution in [0.1, 0.15) is 36.8 Å². The maximum Gasteiger partial charge on any atom is 0.317 e. The zero-order chi connectivity index (χ0) is 13.8. The van der Waals surface area contributed by atoms with Gasteiger partial charge in [-0.15, -0.1) is 0 Å². The molecule has 1 aliphatic rings. The van der Waals surface area contributed by atoms with Gasteiger partial charge in [-0.25, -0.2) is 0 Å². The summed E-state index contributed by atoms with van der Waals surface area (Å²) in [6.45, 7) is 2.52. The number of benzene rings is 1. The van der Waals surface area contributed by atoms with E-state index in [0.29, 0.717) is 12.6 Å². The predicted octanol–water partition coefficient (Wildman–Crippen LogP) is 2.53. The van der Waals surface area contributed by atoms with Gasteiger partial charge in [0.1, 0.15) is 5.75 Å². The van der Waals surface area contributed by atoms with Crippen LogP contribution in [0.25, 0.3) is 0 Å². The number of aryl methyl sites for hydroxylation is 1. The van der Waals surface area contributed by atoms with Gasteiger partial charge in [0.15, 0.2) is 0 Å². The van der Waals surface area contributed by atoms with E-state index in [9.17, 15) is 9.90 Å². The zero-order valence-electron chi connectivity index (χ0n) is 11.3. The second kappa shape index (κ2) is 6.06. The van der Waals surface area contributed by atoms with Crippen LogP contribution in [-0.2, 0) is 11.3 Å². The Balaban J connectivity index is 2.14. The van der Waals surface area contributed by atoms with Gasteiger partial charge in [-0.1, -0.05) is 30.5 Å². The number of phenolic OH excluding ortho intramolecular Hbond substituents is 1. The first-order valence-corrected chi connectivity index (χ1v) is 6.80. The van der Waals surface area contributed by atoms with E-state index in [1.807, 2.05) is 24.0 Å². The van der Waals surface area contributed by atoms with E-state index in [4.69, 9.17) is 5.11 Å². The fraction of sp³-hybridized carbons (Fsp3) is 0.533. The topological polar surface area (TPSA) is 60.8 Å². The van der Waals surface area contributed by atoms with Gasteiger partial charge in [0, 0.05) is 18.2 Å². The number of aliphatic carboxylic acids is 1. The van der Waals surface area contributed by atoms with Gasteiger partial charge in [-0.3, -0.25) is 9.69 Å². The highest BCUT2D eigenvalue weighted by Gasteiger charge is 2.25. The van der Waals surface area contributed by atoms with Crippen LogP contribution >= 0.6 is 0 Å². The summed E-state index contributed by atoms with van der Waals surface area (Å²) in [4.78, 5) is 13.0. The molecule has 0 saturated heterocycles. The molecule has 0 aromatic heterocycles. The van der Waals surface area contributed by atoms with Crippen LogP contribution in [-0.4, -0.2) is 33.7 Å². The number of hydrogen-bond acceptors (Lipinski definition) is 3. The first kappa shape index (κ1) is 13.9. The van der Waals surface area contributed by atoms with Crippen LogP contribution in [0.5, 0.6) is 5.75 Å². The van der Waals surface area contributed by atoms with Gasteiger partial charge in [0.05, 0.1) is 6.54 Å². The standard InChI is InChI=1S/C15H21NO3/c1-11-6-7-14(17)12(8-11)9-16(10-15(18)19)13-4-2-3-5-13/h6-8,13,17H,2-5,9-10H2,1H3,(H,18,19). The number of aromatic hydroxyl groups is 1. The molecule has 0 unspecified atom stereocenters. The lowest BCUT2D eigenvalue weighted by Gasteiger charge is -2.27. The van der Waals surface area contributed by atoms with Gasteiger partial charge < -0.3 is 10.2 Å². The molecule has 0 bridgehead atoms. The van der Waals surface area contributed by atoms with Gasteiger partial charge in [0.2, 0.25) is 0 Å². The van der Waals surface area contributed by atoms with Gasteiger partial charge >= 0.3 is 5.97 Å². The third kappa shape index (κ3) is 3.70. The molecule has 2 rings (SSSR count). The van der Waals surface area contributed by atoms with Crippen LogP contribution in [0.4, 0.5) is 0 Å². The molecule has 4 nitrogen and oxygen atoms in total. The lowest BCUT2D eigenvalue weighted by molar-refractivity contribution is -0.139. The first-order valence-electron chi connectivity index (χ1n) is 6.80. The van der Waals surface area contributed by atoms with Crippen molar-refractivity contribution in [1.82, 2.24) is 4.90 Å². The van der Waals surface area contributed by atoms with Crippen LogP contribution in [0.3, 0.4) is 0 Å². The molecule has 0 heterocycles. The number of carboxylic acids is 1. The average Bonchev–Trinajstić information content (AvgIpc) is 2.86. The van der Waals surface area contributed by atoms with Crippen LogP contribution in [0.2, 0.25) is 0 Å². The van der Waals surface area contributed by atoms with Crippen molar-refractivity contribution in [2.75, 3.05) is 6.54 Å². The van der Waals surface area contributed by atoms with Crippen molar-refractivity contribution in [1.29, 1.82) is 0 Å². The molecule has 0 amide bonds. The Kier molecular flexibility index (Phi) is 4.43. The molecule has 0 aliphatic heterocycles. The summed E-state index contributed by atoms with van der Waals surface area (Å²) in [6, 6.07) is 5.80. The fourth-order valence-corrected chi connectivity index (χ4v) is 2.82. The Morgan fingerprint density at radius 2 is 2.05 bits per heavy atom. The smallest absolute Gasteiger partial charge is 0.317 e. The van der Waals surface area contributed by atoms with E-state index >= 15 is 0 Å².